The van der Waals surface area contributed by atoms with Crippen molar-refractivity contribution in [2.45, 2.75) is 40.2 Å². The highest BCUT2D eigenvalue weighted by Crippen LogP contribution is 2.21. The van der Waals surface area contributed by atoms with Crippen LogP contribution in [0, 0.1) is 6.92 Å². The molecule has 25 heavy (non-hydrogen) atoms. The molecule has 2 N–H and O–H groups in total. The van der Waals surface area contributed by atoms with Gasteiger partial charge in [0.15, 0.2) is 5.96 Å². The normalized spacial score (nSPS) is 12.1. The first kappa shape index (κ1) is 21.3. The highest BCUT2D eigenvalue weighted by molar-refractivity contribution is 7.90. The molecule has 0 aliphatic heterocycles. The Hall–Kier alpha value is -1.76. The fourth-order valence-corrected chi connectivity index (χ4v) is 2.85. The second-order valence-corrected chi connectivity index (χ2v) is 8.32. The van der Waals surface area contributed by atoms with Gasteiger partial charge in [0, 0.05) is 24.9 Å². The number of nitrogens with one attached hydrogen (secondary N) is 2. The molecule has 0 aromatic heterocycles. The van der Waals surface area contributed by atoms with Gasteiger partial charge in [-0.1, -0.05) is 19.1 Å². The molecule has 0 aliphatic rings. The summed E-state index contributed by atoms with van der Waals surface area (Å²) in [6, 6.07) is 6.13. The minimum Gasteiger partial charge on any atom is -0.493 e. The van der Waals surface area contributed by atoms with Crippen LogP contribution in [0.1, 0.15) is 37.8 Å². The highest BCUT2D eigenvalue weighted by Gasteiger charge is 2.06. The van der Waals surface area contributed by atoms with Crippen LogP contribution in [0.5, 0.6) is 5.75 Å². The summed E-state index contributed by atoms with van der Waals surface area (Å²) < 4.78 is 28.2. The molecule has 7 heteroatoms. The Morgan fingerprint density at radius 3 is 2.64 bits per heavy atom. The minimum absolute atomic E-state index is 0.173. The third kappa shape index (κ3) is 9.34. The Bertz CT molecular complexity index is 658. The van der Waals surface area contributed by atoms with Gasteiger partial charge in [-0.15, -0.1) is 0 Å². The van der Waals surface area contributed by atoms with Crippen LogP contribution in [0.4, 0.5) is 0 Å². The van der Waals surface area contributed by atoms with E-state index in [4.69, 9.17) is 4.74 Å². The Kier molecular flexibility index (Phi) is 9.34. The van der Waals surface area contributed by atoms with Gasteiger partial charge in [0.05, 0.1) is 18.9 Å². The van der Waals surface area contributed by atoms with Crippen molar-refractivity contribution in [3.05, 3.63) is 29.3 Å². The van der Waals surface area contributed by atoms with Crippen molar-refractivity contribution in [3.8, 4) is 5.75 Å². The molecular weight excluding hydrogens is 338 g/mol. The summed E-state index contributed by atoms with van der Waals surface area (Å²) in [5, 5.41) is 6.34. The van der Waals surface area contributed by atoms with E-state index >= 15 is 0 Å². The first-order valence-corrected chi connectivity index (χ1v) is 10.8. The molecule has 0 bridgehead atoms. The van der Waals surface area contributed by atoms with Crippen LogP contribution in [0.15, 0.2) is 23.2 Å². The van der Waals surface area contributed by atoms with Gasteiger partial charge in [-0.2, -0.15) is 0 Å². The number of sulfone groups is 1. The lowest BCUT2D eigenvalue weighted by Crippen LogP contribution is -2.38. The summed E-state index contributed by atoms with van der Waals surface area (Å²) in [5.74, 6) is 1.73. The van der Waals surface area contributed by atoms with Gasteiger partial charge in [-0.25, -0.2) is 13.4 Å². The van der Waals surface area contributed by atoms with E-state index in [1.54, 1.807) is 0 Å². The van der Waals surface area contributed by atoms with Crippen molar-refractivity contribution in [1.82, 2.24) is 10.6 Å². The molecular formula is C18H31N3O3S. The lowest BCUT2D eigenvalue weighted by atomic mass is 10.1. The van der Waals surface area contributed by atoms with E-state index in [1.807, 2.05) is 26.0 Å². The lowest BCUT2D eigenvalue weighted by Gasteiger charge is -2.13. The summed E-state index contributed by atoms with van der Waals surface area (Å²) in [5.41, 5.74) is 2.19. The zero-order valence-electron chi connectivity index (χ0n) is 15.8. The van der Waals surface area contributed by atoms with Gasteiger partial charge in [0.1, 0.15) is 15.6 Å². The van der Waals surface area contributed by atoms with Gasteiger partial charge in [0.2, 0.25) is 0 Å². The van der Waals surface area contributed by atoms with Crippen LogP contribution >= 0.6 is 0 Å². The predicted octanol–water partition coefficient (Wildman–Crippen LogP) is 2.27. The topological polar surface area (TPSA) is 79.8 Å². The number of rotatable bonds is 10. The fourth-order valence-electron chi connectivity index (χ4n) is 2.19. The molecule has 0 radical (unpaired) electrons. The van der Waals surface area contributed by atoms with E-state index in [0.717, 1.165) is 29.8 Å². The SMILES string of the molecule is CCCOc1cc(C)ccc1CN=C(NCC)NCCCS(C)(=O)=O. The van der Waals surface area contributed by atoms with Gasteiger partial charge in [-0.3, -0.25) is 0 Å². The number of guanidine groups is 1. The molecule has 0 heterocycles. The second-order valence-electron chi connectivity index (χ2n) is 6.07. The molecule has 0 unspecified atom stereocenters. The zero-order chi connectivity index (χ0) is 18.7. The number of benzene rings is 1. The maximum atomic E-state index is 11.2. The average molecular weight is 370 g/mol. The van der Waals surface area contributed by atoms with Crippen LogP contribution in [-0.2, 0) is 16.4 Å². The molecule has 1 aromatic carbocycles. The Balaban J connectivity index is 2.70. The van der Waals surface area contributed by atoms with Crippen molar-refractivity contribution in [2.24, 2.45) is 4.99 Å². The molecule has 6 nitrogen and oxygen atoms in total. The van der Waals surface area contributed by atoms with Gasteiger partial charge in [-0.05, 0) is 38.3 Å². The lowest BCUT2D eigenvalue weighted by molar-refractivity contribution is 0.314. The van der Waals surface area contributed by atoms with E-state index < -0.39 is 9.84 Å². The van der Waals surface area contributed by atoms with Crippen molar-refractivity contribution < 1.29 is 13.2 Å². The maximum Gasteiger partial charge on any atom is 0.191 e. The highest BCUT2D eigenvalue weighted by atomic mass is 32.2. The number of hydrogen-bond acceptors (Lipinski definition) is 4. The van der Waals surface area contributed by atoms with E-state index in [-0.39, 0.29) is 5.75 Å². The number of aliphatic imine (C=N–C) groups is 1. The number of nitrogens with zero attached hydrogens (tertiary/aromatic N) is 1. The van der Waals surface area contributed by atoms with Crippen LogP contribution in [0.25, 0.3) is 0 Å². The third-order valence-corrected chi connectivity index (χ3v) is 4.45. The second kappa shape index (κ2) is 11.0. The summed E-state index contributed by atoms with van der Waals surface area (Å²) in [7, 11) is -2.93. The average Bonchev–Trinajstić information content (AvgIpc) is 2.54. The number of ether oxygens (including phenoxy) is 1. The molecule has 0 fully saturated rings. The van der Waals surface area contributed by atoms with Crippen molar-refractivity contribution in [3.63, 3.8) is 0 Å². The summed E-state index contributed by atoms with van der Waals surface area (Å²) in [6.07, 6.45) is 2.77. The van der Waals surface area contributed by atoms with Crippen LogP contribution < -0.4 is 15.4 Å². The summed E-state index contributed by atoms with van der Waals surface area (Å²) in [4.78, 5) is 4.58. The van der Waals surface area contributed by atoms with Gasteiger partial charge in [0.25, 0.3) is 0 Å². The monoisotopic (exact) mass is 369 g/mol. The largest absolute Gasteiger partial charge is 0.493 e. The molecule has 1 rings (SSSR count). The van der Waals surface area contributed by atoms with Gasteiger partial charge >= 0.3 is 0 Å². The van der Waals surface area contributed by atoms with E-state index in [0.29, 0.717) is 32.1 Å². The first-order valence-electron chi connectivity index (χ1n) is 8.78. The van der Waals surface area contributed by atoms with E-state index in [2.05, 4.69) is 28.6 Å². The van der Waals surface area contributed by atoms with Gasteiger partial charge < -0.3 is 15.4 Å². The number of aryl methyl sites for hydroxylation is 1. The quantitative estimate of drug-likeness (QED) is 0.376. The smallest absolute Gasteiger partial charge is 0.191 e. The maximum absolute atomic E-state index is 11.2. The zero-order valence-corrected chi connectivity index (χ0v) is 16.6. The van der Waals surface area contributed by atoms with Crippen LogP contribution in [0.2, 0.25) is 0 Å². The summed E-state index contributed by atoms with van der Waals surface area (Å²) in [6.45, 7) is 8.60. The molecule has 142 valence electrons. The Morgan fingerprint density at radius 2 is 2.00 bits per heavy atom. The van der Waals surface area contributed by atoms with Crippen LogP contribution in [0.3, 0.4) is 0 Å². The van der Waals surface area contributed by atoms with E-state index in [9.17, 15) is 8.42 Å². The molecule has 0 saturated heterocycles. The molecule has 0 saturated carbocycles. The van der Waals surface area contributed by atoms with Crippen molar-refractivity contribution in [1.29, 1.82) is 0 Å². The predicted molar refractivity (Wildman–Crippen MR) is 104 cm³/mol. The fraction of sp³-hybridized carbons (Fsp3) is 0.611. The molecule has 1 aromatic rings. The third-order valence-electron chi connectivity index (χ3n) is 3.42. The molecule has 0 spiro atoms. The van der Waals surface area contributed by atoms with Crippen molar-refractivity contribution >= 4 is 15.8 Å². The molecule has 0 amide bonds. The molecule has 0 aliphatic carbocycles. The van der Waals surface area contributed by atoms with Crippen LogP contribution in [-0.4, -0.2) is 46.1 Å². The number of hydrogen-bond donors (Lipinski definition) is 2. The van der Waals surface area contributed by atoms with E-state index in [1.165, 1.54) is 6.26 Å². The minimum atomic E-state index is -2.93. The Morgan fingerprint density at radius 1 is 1.24 bits per heavy atom. The molecule has 0 atom stereocenters. The summed E-state index contributed by atoms with van der Waals surface area (Å²) >= 11 is 0. The standard InChI is InChI=1S/C18H31N3O3S/c1-5-11-24-17-13-15(3)8-9-16(17)14-21-18(19-6-2)20-10-7-12-25(4,22)23/h8-9,13H,5-7,10-12,14H2,1-4H3,(H2,19,20,21). The Labute approximate surface area is 152 Å². The van der Waals surface area contributed by atoms with Crippen molar-refractivity contribution in [2.75, 3.05) is 31.7 Å². The first-order chi connectivity index (χ1) is 11.9.